The third kappa shape index (κ3) is 2.13. The van der Waals surface area contributed by atoms with Gasteiger partial charge in [-0.3, -0.25) is 9.59 Å². The van der Waals surface area contributed by atoms with E-state index in [9.17, 15) is 9.59 Å². The summed E-state index contributed by atoms with van der Waals surface area (Å²) in [5.41, 5.74) is 3.10. The van der Waals surface area contributed by atoms with Crippen LogP contribution in [-0.2, 0) is 16.1 Å². The Kier molecular flexibility index (Phi) is 3.38. The third-order valence-electron chi connectivity index (χ3n) is 7.53. The highest BCUT2D eigenvalue weighted by atomic mass is 16.2. The van der Waals surface area contributed by atoms with Gasteiger partial charge in [-0.1, -0.05) is 36.4 Å². The molecular formula is C24H23N3O2. The summed E-state index contributed by atoms with van der Waals surface area (Å²) in [6, 6.07) is 8.12. The molecule has 1 saturated heterocycles. The number of hydrogen-bond acceptors (Lipinski definition) is 3. The maximum atomic E-state index is 13.1. The molecule has 0 N–H and O–H groups in total. The molecule has 2 heterocycles. The molecule has 146 valence electrons. The maximum Gasteiger partial charge on any atom is 0.254 e. The molecule has 5 heteroatoms. The van der Waals surface area contributed by atoms with Gasteiger partial charge < -0.3 is 4.57 Å². The van der Waals surface area contributed by atoms with E-state index in [0.717, 1.165) is 27.2 Å². The van der Waals surface area contributed by atoms with Crippen molar-refractivity contribution in [3.8, 4) is 0 Å². The van der Waals surface area contributed by atoms with Crippen molar-refractivity contribution in [2.24, 2.45) is 40.6 Å². The second kappa shape index (κ2) is 5.78. The van der Waals surface area contributed by atoms with E-state index in [2.05, 4.69) is 34.5 Å². The fraction of sp³-hybridized carbons (Fsp3) is 0.375. The Morgan fingerprint density at radius 2 is 1.76 bits per heavy atom. The number of amides is 2. The third-order valence-corrected chi connectivity index (χ3v) is 7.53. The van der Waals surface area contributed by atoms with Crippen molar-refractivity contribution >= 4 is 28.9 Å². The van der Waals surface area contributed by atoms with Gasteiger partial charge in [0, 0.05) is 28.7 Å². The SMILES string of the molecule is C=CCn1c(C)c(/C=N\N2C(=O)[C@@H]3[C@H]4C=C[C@@H]([C@@H]5C[C@@H]45)[C@H]3C2=O)c2ccccc21. The first kappa shape index (κ1) is 17.0. The van der Waals surface area contributed by atoms with Crippen molar-refractivity contribution in [2.45, 2.75) is 19.9 Å². The standard InChI is InChI=1S/C24H23N3O2/c1-3-10-26-13(2)19(14-6-4-5-7-20(14)26)12-25-27-23(28)21-15-8-9-16(18-11-17(15)18)22(21)24(27)29/h3-9,12,15-18,21-22H,1,10-11H2,2H3/b25-12-/t15-,16-,17-,18-,21+,22+/m0/s1. The lowest BCUT2D eigenvalue weighted by Gasteiger charge is -2.37. The summed E-state index contributed by atoms with van der Waals surface area (Å²) in [4.78, 5) is 26.2. The smallest absolute Gasteiger partial charge is 0.254 e. The van der Waals surface area contributed by atoms with Crippen LogP contribution in [-0.4, -0.2) is 27.6 Å². The Morgan fingerprint density at radius 1 is 1.10 bits per heavy atom. The number of carbonyl (C=O) groups excluding carboxylic acids is 2. The van der Waals surface area contributed by atoms with Gasteiger partial charge in [0.2, 0.25) is 0 Å². The maximum absolute atomic E-state index is 13.1. The van der Waals surface area contributed by atoms with Crippen LogP contribution in [0.5, 0.6) is 0 Å². The lowest BCUT2D eigenvalue weighted by molar-refractivity contribution is -0.140. The number of rotatable bonds is 4. The highest BCUT2D eigenvalue weighted by Crippen LogP contribution is 2.65. The summed E-state index contributed by atoms with van der Waals surface area (Å²) in [6.45, 7) is 6.59. The van der Waals surface area contributed by atoms with Gasteiger partial charge in [-0.15, -0.1) is 6.58 Å². The number of para-hydroxylation sites is 1. The molecule has 6 atom stereocenters. The molecule has 5 aliphatic rings. The Morgan fingerprint density at radius 3 is 2.41 bits per heavy atom. The average Bonchev–Trinajstić information content (AvgIpc) is 3.47. The molecule has 7 rings (SSSR count). The summed E-state index contributed by atoms with van der Waals surface area (Å²) in [7, 11) is 0. The summed E-state index contributed by atoms with van der Waals surface area (Å²) >= 11 is 0. The van der Waals surface area contributed by atoms with E-state index in [1.807, 2.05) is 31.2 Å². The zero-order chi connectivity index (χ0) is 19.9. The Balaban J connectivity index is 1.37. The fourth-order valence-corrected chi connectivity index (χ4v) is 6.16. The largest absolute Gasteiger partial charge is 0.340 e. The van der Waals surface area contributed by atoms with Crippen LogP contribution in [0.2, 0.25) is 0 Å². The molecule has 2 bridgehead atoms. The molecule has 5 nitrogen and oxygen atoms in total. The van der Waals surface area contributed by atoms with Crippen LogP contribution in [0.3, 0.4) is 0 Å². The van der Waals surface area contributed by atoms with Gasteiger partial charge in [0.1, 0.15) is 0 Å². The summed E-state index contributed by atoms with van der Waals surface area (Å²) in [5, 5.41) is 6.67. The van der Waals surface area contributed by atoms with Crippen LogP contribution in [0.1, 0.15) is 17.7 Å². The molecule has 1 aromatic carbocycles. The van der Waals surface area contributed by atoms with Crippen molar-refractivity contribution in [1.29, 1.82) is 0 Å². The normalized spacial score (nSPS) is 34.3. The van der Waals surface area contributed by atoms with Gasteiger partial charge >= 0.3 is 0 Å². The minimum atomic E-state index is -0.207. The molecule has 2 amide bonds. The lowest BCUT2D eigenvalue weighted by Crippen LogP contribution is -2.40. The van der Waals surface area contributed by atoms with Crippen molar-refractivity contribution in [3.05, 3.63) is 60.3 Å². The van der Waals surface area contributed by atoms with Gasteiger partial charge in [0.25, 0.3) is 11.8 Å². The Bertz CT molecular complexity index is 1100. The molecule has 29 heavy (non-hydrogen) atoms. The van der Waals surface area contributed by atoms with Gasteiger partial charge in [0.15, 0.2) is 0 Å². The molecule has 3 fully saturated rings. The number of allylic oxidation sites excluding steroid dienone is 3. The zero-order valence-corrected chi connectivity index (χ0v) is 16.4. The first-order chi connectivity index (χ1) is 14.1. The van der Waals surface area contributed by atoms with Crippen LogP contribution in [0.4, 0.5) is 0 Å². The molecule has 1 aliphatic heterocycles. The van der Waals surface area contributed by atoms with E-state index in [4.69, 9.17) is 0 Å². The second-order valence-corrected chi connectivity index (χ2v) is 8.80. The van der Waals surface area contributed by atoms with Crippen LogP contribution in [0.15, 0.2) is 54.2 Å². The van der Waals surface area contributed by atoms with Crippen LogP contribution < -0.4 is 0 Å². The number of carbonyl (C=O) groups is 2. The lowest BCUT2D eigenvalue weighted by atomic mass is 9.63. The second-order valence-electron chi connectivity index (χ2n) is 8.80. The molecule has 0 spiro atoms. The van der Waals surface area contributed by atoms with Crippen molar-refractivity contribution in [2.75, 3.05) is 0 Å². The fourth-order valence-electron chi connectivity index (χ4n) is 6.16. The Hall–Kier alpha value is -2.95. The van der Waals surface area contributed by atoms with Crippen LogP contribution in [0.25, 0.3) is 10.9 Å². The first-order valence-electron chi connectivity index (χ1n) is 10.4. The van der Waals surface area contributed by atoms with Crippen molar-refractivity contribution < 1.29 is 9.59 Å². The number of nitrogens with zero attached hydrogens (tertiary/aromatic N) is 3. The molecule has 0 unspecified atom stereocenters. The quantitative estimate of drug-likeness (QED) is 0.459. The van der Waals surface area contributed by atoms with E-state index in [1.54, 1.807) is 6.21 Å². The van der Waals surface area contributed by atoms with E-state index in [0.29, 0.717) is 18.4 Å². The minimum Gasteiger partial charge on any atom is -0.340 e. The topological polar surface area (TPSA) is 54.7 Å². The predicted octanol–water partition coefficient (Wildman–Crippen LogP) is 3.52. The zero-order valence-electron chi connectivity index (χ0n) is 16.4. The predicted molar refractivity (Wildman–Crippen MR) is 111 cm³/mol. The average molecular weight is 385 g/mol. The highest BCUT2D eigenvalue weighted by molar-refractivity contribution is 6.08. The van der Waals surface area contributed by atoms with Gasteiger partial charge in [-0.25, -0.2) is 0 Å². The van der Waals surface area contributed by atoms with E-state index >= 15 is 0 Å². The van der Waals surface area contributed by atoms with Gasteiger partial charge in [0.05, 0.1) is 18.1 Å². The summed E-state index contributed by atoms with van der Waals surface area (Å²) < 4.78 is 2.18. The molecule has 2 saturated carbocycles. The Labute approximate surface area is 169 Å². The molecule has 1 aromatic heterocycles. The van der Waals surface area contributed by atoms with Crippen molar-refractivity contribution in [3.63, 3.8) is 0 Å². The number of benzene rings is 1. The number of hydrazone groups is 1. The number of imide groups is 1. The number of fused-ring (bicyclic) bond motifs is 1. The van der Waals surface area contributed by atoms with E-state index in [1.165, 1.54) is 6.42 Å². The number of hydrogen-bond donors (Lipinski definition) is 0. The monoisotopic (exact) mass is 385 g/mol. The van der Waals surface area contributed by atoms with Gasteiger partial charge in [-0.05, 0) is 43.1 Å². The van der Waals surface area contributed by atoms with Crippen molar-refractivity contribution in [1.82, 2.24) is 9.58 Å². The number of aromatic nitrogens is 1. The molecule has 4 aliphatic carbocycles. The van der Waals surface area contributed by atoms with Gasteiger partial charge in [-0.2, -0.15) is 10.1 Å². The molecular weight excluding hydrogens is 362 g/mol. The van der Waals surface area contributed by atoms with E-state index < -0.39 is 0 Å². The minimum absolute atomic E-state index is 0.117. The molecule has 2 aromatic rings. The van der Waals surface area contributed by atoms with Crippen LogP contribution in [0, 0.1) is 42.4 Å². The molecule has 0 radical (unpaired) electrons. The van der Waals surface area contributed by atoms with Crippen LogP contribution >= 0.6 is 0 Å². The summed E-state index contributed by atoms with van der Waals surface area (Å²) in [5.74, 6) is 1.01. The summed E-state index contributed by atoms with van der Waals surface area (Å²) in [6.07, 6.45) is 9.10. The first-order valence-corrected chi connectivity index (χ1v) is 10.4. The highest BCUT2D eigenvalue weighted by Gasteiger charge is 2.67. The van der Waals surface area contributed by atoms with E-state index in [-0.39, 0.29) is 35.5 Å².